The number of hydrogen-bond acceptors (Lipinski definition) is 5. The third kappa shape index (κ3) is 2.28. The SMILES string of the molecule is CC1CC(Nc2cc(N)ns2)CS1. The number of nitrogens with two attached hydrogens (primary N) is 1. The van der Waals surface area contributed by atoms with Crippen molar-refractivity contribution in [1.29, 1.82) is 0 Å². The molecular weight excluding hydrogens is 202 g/mol. The lowest BCUT2D eigenvalue weighted by atomic mass is 10.2. The highest BCUT2D eigenvalue weighted by molar-refractivity contribution is 8.00. The van der Waals surface area contributed by atoms with E-state index in [1.54, 1.807) is 0 Å². The third-order valence-electron chi connectivity index (χ3n) is 2.07. The van der Waals surface area contributed by atoms with Crippen molar-refractivity contribution in [3.05, 3.63) is 6.07 Å². The first-order valence-electron chi connectivity index (χ1n) is 4.34. The van der Waals surface area contributed by atoms with Crippen LogP contribution in [-0.2, 0) is 0 Å². The summed E-state index contributed by atoms with van der Waals surface area (Å²) >= 11 is 3.46. The Morgan fingerprint density at radius 1 is 1.69 bits per heavy atom. The fourth-order valence-electron chi connectivity index (χ4n) is 1.48. The lowest BCUT2D eigenvalue weighted by Crippen LogP contribution is -2.17. The second kappa shape index (κ2) is 3.75. The Kier molecular flexibility index (Phi) is 2.64. The van der Waals surface area contributed by atoms with Crippen LogP contribution in [0, 0.1) is 0 Å². The highest BCUT2D eigenvalue weighted by atomic mass is 32.2. The number of nitrogens with zero attached hydrogens (tertiary/aromatic N) is 1. The number of nitrogens with one attached hydrogen (secondary N) is 1. The van der Waals surface area contributed by atoms with Gasteiger partial charge in [0, 0.05) is 23.1 Å². The second-order valence-corrected chi connectivity index (χ2v) is 5.61. The summed E-state index contributed by atoms with van der Waals surface area (Å²) in [7, 11) is 0. The first kappa shape index (κ1) is 9.15. The molecule has 0 aliphatic carbocycles. The topological polar surface area (TPSA) is 50.9 Å². The van der Waals surface area contributed by atoms with Crippen molar-refractivity contribution in [2.45, 2.75) is 24.6 Å². The highest BCUT2D eigenvalue weighted by Crippen LogP contribution is 2.29. The quantitative estimate of drug-likeness (QED) is 0.792. The van der Waals surface area contributed by atoms with Crippen LogP contribution in [-0.4, -0.2) is 21.4 Å². The average Bonchev–Trinajstić information content (AvgIpc) is 2.62. The summed E-state index contributed by atoms with van der Waals surface area (Å²) in [6.07, 6.45) is 1.24. The van der Waals surface area contributed by atoms with E-state index in [0.717, 1.165) is 10.3 Å². The van der Waals surface area contributed by atoms with Gasteiger partial charge in [-0.3, -0.25) is 0 Å². The van der Waals surface area contributed by atoms with Crippen LogP contribution in [0.15, 0.2) is 6.07 Å². The Bertz CT molecular complexity index is 287. The normalized spacial score (nSPS) is 27.8. The maximum Gasteiger partial charge on any atom is 0.139 e. The maximum absolute atomic E-state index is 5.53. The van der Waals surface area contributed by atoms with E-state index in [1.807, 2.05) is 17.8 Å². The fraction of sp³-hybridized carbons (Fsp3) is 0.625. The van der Waals surface area contributed by atoms with Gasteiger partial charge in [0.05, 0.1) is 0 Å². The molecular formula is C8H13N3S2. The van der Waals surface area contributed by atoms with Crippen LogP contribution in [0.3, 0.4) is 0 Å². The van der Waals surface area contributed by atoms with E-state index >= 15 is 0 Å². The van der Waals surface area contributed by atoms with E-state index < -0.39 is 0 Å². The first-order chi connectivity index (χ1) is 6.24. The summed E-state index contributed by atoms with van der Waals surface area (Å²) in [6.45, 7) is 2.27. The first-order valence-corrected chi connectivity index (χ1v) is 6.16. The van der Waals surface area contributed by atoms with Gasteiger partial charge in [0.15, 0.2) is 0 Å². The molecule has 0 radical (unpaired) electrons. The minimum atomic E-state index is 0.597. The lowest BCUT2D eigenvalue weighted by molar-refractivity contribution is 0.749. The second-order valence-electron chi connectivity index (χ2n) is 3.34. The van der Waals surface area contributed by atoms with E-state index in [9.17, 15) is 0 Å². The molecule has 0 bridgehead atoms. The van der Waals surface area contributed by atoms with Crippen LogP contribution in [0.2, 0.25) is 0 Å². The minimum Gasteiger partial charge on any atom is -0.383 e. The molecule has 2 heterocycles. The van der Waals surface area contributed by atoms with Crippen molar-refractivity contribution in [3.8, 4) is 0 Å². The molecule has 13 heavy (non-hydrogen) atoms. The van der Waals surface area contributed by atoms with Crippen molar-refractivity contribution >= 4 is 34.1 Å². The monoisotopic (exact) mass is 215 g/mol. The molecule has 5 heteroatoms. The summed E-state index contributed by atoms with van der Waals surface area (Å²) in [4.78, 5) is 0. The van der Waals surface area contributed by atoms with Gasteiger partial charge in [0.25, 0.3) is 0 Å². The number of nitrogen functional groups attached to an aromatic ring is 1. The summed E-state index contributed by atoms with van der Waals surface area (Å²) < 4.78 is 4.03. The molecule has 72 valence electrons. The van der Waals surface area contributed by atoms with Gasteiger partial charge in [-0.1, -0.05) is 6.92 Å². The fourth-order valence-corrected chi connectivity index (χ4v) is 3.27. The molecule has 0 saturated carbocycles. The predicted molar refractivity (Wildman–Crippen MR) is 60.5 cm³/mol. The molecule has 3 nitrogen and oxygen atoms in total. The van der Waals surface area contributed by atoms with Crippen LogP contribution in [0.1, 0.15) is 13.3 Å². The van der Waals surface area contributed by atoms with E-state index in [4.69, 9.17) is 5.73 Å². The lowest BCUT2D eigenvalue weighted by Gasteiger charge is -2.09. The molecule has 1 saturated heterocycles. The highest BCUT2D eigenvalue weighted by Gasteiger charge is 2.21. The molecule has 3 N–H and O–H groups in total. The molecule has 1 fully saturated rings. The number of aromatic nitrogens is 1. The summed E-state index contributed by atoms with van der Waals surface area (Å²) in [5, 5.41) is 5.32. The molecule has 1 aromatic heterocycles. The largest absolute Gasteiger partial charge is 0.383 e. The Hall–Kier alpha value is -0.420. The zero-order valence-corrected chi connectivity index (χ0v) is 9.12. The van der Waals surface area contributed by atoms with Crippen molar-refractivity contribution in [2.24, 2.45) is 0 Å². The number of hydrogen-bond donors (Lipinski definition) is 2. The molecule has 0 amide bonds. The van der Waals surface area contributed by atoms with Gasteiger partial charge in [-0.2, -0.15) is 16.1 Å². The van der Waals surface area contributed by atoms with Crippen LogP contribution in [0.4, 0.5) is 10.8 Å². The minimum absolute atomic E-state index is 0.597. The molecule has 1 aliphatic heterocycles. The molecule has 2 unspecified atom stereocenters. The van der Waals surface area contributed by atoms with Crippen LogP contribution < -0.4 is 11.1 Å². The van der Waals surface area contributed by atoms with E-state index in [1.165, 1.54) is 23.7 Å². The van der Waals surface area contributed by atoms with E-state index in [0.29, 0.717) is 11.9 Å². The molecule has 1 aromatic rings. The third-order valence-corrected chi connectivity index (χ3v) is 4.16. The van der Waals surface area contributed by atoms with Gasteiger partial charge >= 0.3 is 0 Å². The zero-order chi connectivity index (χ0) is 9.26. The number of rotatable bonds is 2. The van der Waals surface area contributed by atoms with Crippen molar-refractivity contribution < 1.29 is 0 Å². The van der Waals surface area contributed by atoms with Crippen LogP contribution in [0.5, 0.6) is 0 Å². The Labute approximate surface area is 86.3 Å². The average molecular weight is 215 g/mol. The zero-order valence-electron chi connectivity index (χ0n) is 7.49. The molecule has 0 aromatic carbocycles. The summed E-state index contributed by atoms with van der Waals surface area (Å²) in [5.41, 5.74) is 5.53. The predicted octanol–water partition coefficient (Wildman–Crippen LogP) is 2.03. The molecule has 0 spiro atoms. The van der Waals surface area contributed by atoms with Gasteiger partial charge in [-0.25, -0.2) is 0 Å². The van der Waals surface area contributed by atoms with Crippen molar-refractivity contribution in [2.75, 3.05) is 16.8 Å². The van der Waals surface area contributed by atoms with Crippen molar-refractivity contribution in [1.82, 2.24) is 4.37 Å². The van der Waals surface area contributed by atoms with Gasteiger partial charge < -0.3 is 11.1 Å². The Morgan fingerprint density at radius 2 is 2.54 bits per heavy atom. The number of anilines is 2. The summed E-state index contributed by atoms with van der Waals surface area (Å²) in [5.74, 6) is 1.81. The van der Waals surface area contributed by atoms with Gasteiger partial charge in [-0.05, 0) is 18.0 Å². The standard InChI is InChI=1S/C8H13N3S2/c1-5-2-6(4-12-5)10-8-3-7(9)11-13-8/h3,5-6,10H,2,4H2,1H3,(H2,9,11). The number of thioether (sulfide) groups is 1. The van der Waals surface area contributed by atoms with Crippen molar-refractivity contribution in [3.63, 3.8) is 0 Å². The van der Waals surface area contributed by atoms with Crippen LogP contribution in [0.25, 0.3) is 0 Å². The van der Waals surface area contributed by atoms with E-state index in [2.05, 4.69) is 16.6 Å². The van der Waals surface area contributed by atoms with Gasteiger partial charge in [0.2, 0.25) is 0 Å². The Morgan fingerprint density at radius 3 is 3.08 bits per heavy atom. The maximum atomic E-state index is 5.53. The van der Waals surface area contributed by atoms with Gasteiger partial charge in [0.1, 0.15) is 10.8 Å². The van der Waals surface area contributed by atoms with E-state index in [-0.39, 0.29) is 0 Å². The molecule has 1 aliphatic rings. The van der Waals surface area contributed by atoms with Gasteiger partial charge in [-0.15, -0.1) is 0 Å². The summed E-state index contributed by atoms with van der Waals surface area (Å²) in [6, 6.07) is 2.50. The molecule has 2 rings (SSSR count). The smallest absolute Gasteiger partial charge is 0.139 e. The molecule has 2 atom stereocenters. The Balaban J connectivity index is 1.91. The van der Waals surface area contributed by atoms with Crippen LogP contribution >= 0.6 is 23.3 Å².